The van der Waals surface area contributed by atoms with Gasteiger partial charge in [0.05, 0.1) is 10.8 Å². The monoisotopic (exact) mass is 326 g/mol. The zero-order valence-corrected chi connectivity index (χ0v) is 14.0. The third kappa shape index (κ3) is 1.30. The molecule has 1 heterocycles. The van der Waals surface area contributed by atoms with Crippen molar-refractivity contribution in [1.29, 1.82) is 0 Å². The van der Waals surface area contributed by atoms with Gasteiger partial charge in [-0.05, 0) is 61.2 Å². The van der Waals surface area contributed by atoms with Crippen molar-refractivity contribution in [2.24, 2.45) is 28.1 Å². The van der Waals surface area contributed by atoms with Crippen molar-refractivity contribution in [2.45, 2.75) is 45.4 Å². The summed E-state index contributed by atoms with van der Waals surface area (Å²) in [5, 5.41) is 0. The quantitative estimate of drug-likeness (QED) is 0.390. The maximum atomic E-state index is 13.2. The first-order valence-corrected chi connectivity index (χ1v) is 9.04. The highest BCUT2D eigenvalue weighted by atomic mass is 16.5. The molecule has 0 aromatic rings. The minimum absolute atomic E-state index is 0.0785. The van der Waals surface area contributed by atoms with Gasteiger partial charge in [0, 0.05) is 5.41 Å². The first kappa shape index (κ1) is 14.6. The summed E-state index contributed by atoms with van der Waals surface area (Å²) in [5.74, 6) is -0.496. The fraction of sp³-hybridized carbons (Fsp3) is 0.650. The lowest BCUT2D eigenvalue weighted by Gasteiger charge is -2.63. The molecule has 1 spiro atoms. The van der Waals surface area contributed by atoms with E-state index < -0.39 is 10.8 Å². The van der Waals surface area contributed by atoms with Gasteiger partial charge in [-0.3, -0.25) is 14.4 Å². The zero-order valence-electron chi connectivity index (χ0n) is 14.0. The number of hydrogen-bond donors (Lipinski definition) is 0. The molecule has 4 bridgehead atoms. The molecule has 0 amide bonds. The van der Waals surface area contributed by atoms with Crippen molar-refractivity contribution >= 4 is 17.5 Å². The molecule has 4 nitrogen and oxygen atoms in total. The molecule has 4 heteroatoms. The second-order valence-corrected chi connectivity index (χ2v) is 8.73. The molecule has 126 valence electrons. The van der Waals surface area contributed by atoms with Crippen molar-refractivity contribution in [1.82, 2.24) is 0 Å². The summed E-state index contributed by atoms with van der Waals surface area (Å²) in [4.78, 5) is 39.3. The number of allylic oxidation sites excluding steroid dienone is 2. The number of ketones is 2. The number of hydrogen-bond acceptors (Lipinski definition) is 4. The third-order valence-corrected chi connectivity index (χ3v) is 7.82. The predicted molar refractivity (Wildman–Crippen MR) is 85.9 cm³/mol. The molecule has 2 unspecified atom stereocenters. The van der Waals surface area contributed by atoms with E-state index in [-0.39, 0.29) is 34.8 Å². The molecule has 24 heavy (non-hydrogen) atoms. The zero-order chi connectivity index (χ0) is 16.9. The predicted octanol–water partition coefficient (Wildman–Crippen LogP) is 2.77. The summed E-state index contributed by atoms with van der Waals surface area (Å²) in [6.45, 7) is 6.43. The molecule has 1 saturated heterocycles. The molecule has 6 rings (SSSR count). The van der Waals surface area contributed by atoms with Crippen LogP contribution in [0.2, 0.25) is 0 Å². The van der Waals surface area contributed by atoms with E-state index in [1.165, 1.54) is 0 Å². The molecule has 1 aliphatic heterocycles. The number of fused-ring (bicyclic) bond motifs is 2. The molecule has 5 fully saturated rings. The lowest BCUT2D eigenvalue weighted by Crippen LogP contribution is -2.67. The lowest BCUT2D eigenvalue weighted by molar-refractivity contribution is -0.187. The van der Waals surface area contributed by atoms with Crippen molar-refractivity contribution in [3.63, 3.8) is 0 Å². The number of ether oxygens (including phenoxy) is 1. The van der Waals surface area contributed by atoms with Crippen LogP contribution in [-0.2, 0) is 19.1 Å². The summed E-state index contributed by atoms with van der Waals surface area (Å²) < 4.78 is 5.63. The second-order valence-electron chi connectivity index (χ2n) is 8.73. The topological polar surface area (TPSA) is 60.4 Å². The van der Waals surface area contributed by atoms with Crippen molar-refractivity contribution < 1.29 is 19.1 Å². The van der Waals surface area contributed by atoms with Gasteiger partial charge >= 0.3 is 5.97 Å². The average Bonchev–Trinajstić information content (AvgIpc) is 2.57. The van der Waals surface area contributed by atoms with E-state index in [1.807, 2.05) is 0 Å². The van der Waals surface area contributed by atoms with Crippen LogP contribution in [0.15, 0.2) is 23.8 Å². The number of Topliss-reactive ketones (excluding diaryl/α,β-unsaturated/α-hetero) is 1. The third-order valence-electron chi connectivity index (χ3n) is 7.82. The Kier molecular flexibility index (Phi) is 2.49. The molecular formula is C20H22O4. The van der Waals surface area contributed by atoms with Crippen LogP contribution in [0.5, 0.6) is 0 Å². The highest BCUT2D eigenvalue weighted by Gasteiger charge is 2.73. The summed E-state index contributed by atoms with van der Waals surface area (Å²) in [5.41, 5.74) is -0.496. The van der Waals surface area contributed by atoms with Gasteiger partial charge in [-0.2, -0.15) is 0 Å². The van der Waals surface area contributed by atoms with Gasteiger partial charge in [-0.25, -0.2) is 0 Å². The lowest BCUT2D eigenvalue weighted by atomic mass is 9.38. The Morgan fingerprint density at radius 2 is 1.96 bits per heavy atom. The van der Waals surface area contributed by atoms with Crippen molar-refractivity contribution in [3.05, 3.63) is 23.8 Å². The number of rotatable bonds is 0. The number of cyclic esters (lactones) is 1. The molecule has 6 aliphatic rings. The van der Waals surface area contributed by atoms with Crippen molar-refractivity contribution in [2.75, 3.05) is 6.61 Å². The van der Waals surface area contributed by atoms with E-state index in [1.54, 1.807) is 6.08 Å². The first-order valence-electron chi connectivity index (χ1n) is 9.04. The van der Waals surface area contributed by atoms with Crippen molar-refractivity contribution in [3.8, 4) is 0 Å². The van der Waals surface area contributed by atoms with Gasteiger partial charge in [0.15, 0.2) is 11.6 Å². The number of carbonyl (C=O) groups is 3. The van der Waals surface area contributed by atoms with Crippen LogP contribution in [0.3, 0.4) is 0 Å². The van der Waals surface area contributed by atoms with Gasteiger partial charge in [-0.15, -0.1) is 0 Å². The van der Waals surface area contributed by atoms with Gasteiger partial charge < -0.3 is 4.74 Å². The van der Waals surface area contributed by atoms with Gasteiger partial charge in [0.1, 0.15) is 6.61 Å². The van der Waals surface area contributed by atoms with E-state index in [0.29, 0.717) is 25.0 Å². The van der Waals surface area contributed by atoms with Gasteiger partial charge in [0.2, 0.25) is 0 Å². The first-order chi connectivity index (χ1) is 11.4. The van der Waals surface area contributed by atoms with E-state index in [9.17, 15) is 14.4 Å². The fourth-order valence-electron chi connectivity index (χ4n) is 6.62. The number of carbonyl (C=O) groups excluding carboxylic acids is 3. The molecule has 0 N–H and O–H groups in total. The summed E-state index contributed by atoms with van der Waals surface area (Å²) in [6.07, 6.45) is 6.38. The van der Waals surface area contributed by atoms with Crippen LogP contribution in [0.1, 0.15) is 45.4 Å². The normalized spacial score (nSPS) is 49.3. The van der Waals surface area contributed by atoms with E-state index in [2.05, 4.69) is 13.5 Å². The Bertz CT molecular complexity index is 762. The SMILES string of the molecule is C=C1C(=O)C23CC[C@@H]1CC2[C@@]12CCC[C@@](C)(COC1=O)C2=CC3=O. The summed E-state index contributed by atoms with van der Waals surface area (Å²) >= 11 is 0. The minimum atomic E-state index is -1.05. The van der Waals surface area contributed by atoms with Crippen LogP contribution >= 0.6 is 0 Å². The average molecular weight is 326 g/mol. The minimum Gasteiger partial charge on any atom is -0.464 e. The Hall–Kier alpha value is -1.71. The van der Waals surface area contributed by atoms with E-state index >= 15 is 0 Å². The molecular weight excluding hydrogens is 304 g/mol. The maximum absolute atomic E-state index is 13.2. The van der Waals surface area contributed by atoms with Crippen LogP contribution in [0, 0.1) is 28.1 Å². The molecule has 5 atom stereocenters. The summed E-state index contributed by atoms with van der Waals surface area (Å²) in [6, 6.07) is 0. The van der Waals surface area contributed by atoms with E-state index in [4.69, 9.17) is 4.74 Å². The standard InChI is InChI=1S/C20H22O4/c1-11-12-4-7-20(16(11)22)14(8-12)19-6-3-5-18(2,10-24-17(19)23)13(19)9-15(20)21/h9,12,14H,1,3-8,10H2,2H3/t12-,14?,18+,19+,20?/m1/s1. The maximum Gasteiger partial charge on any atom is 0.316 e. The number of esters is 1. The molecule has 0 radical (unpaired) electrons. The molecule has 5 aliphatic carbocycles. The van der Waals surface area contributed by atoms with Crippen LogP contribution in [0.4, 0.5) is 0 Å². The molecule has 4 saturated carbocycles. The van der Waals surface area contributed by atoms with Crippen LogP contribution in [-0.4, -0.2) is 24.1 Å². The smallest absolute Gasteiger partial charge is 0.316 e. The summed E-state index contributed by atoms with van der Waals surface area (Å²) in [7, 11) is 0. The van der Waals surface area contributed by atoms with Gasteiger partial charge in [-0.1, -0.05) is 19.9 Å². The van der Waals surface area contributed by atoms with Crippen LogP contribution in [0.25, 0.3) is 0 Å². The Balaban J connectivity index is 1.80. The fourth-order valence-corrected chi connectivity index (χ4v) is 6.62. The van der Waals surface area contributed by atoms with Crippen LogP contribution < -0.4 is 0 Å². The Labute approximate surface area is 141 Å². The highest BCUT2D eigenvalue weighted by Crippen LogP contribution is 2.69. The molecule has 0 aromatic heterocycles. The largest absolute Gasteiger partial charge is 0.464 e. The highest BCUT2D eigenvalue weighted by molar-refractivity contribution is 6.20. The van der Waals surface area contributed by atoms with Gasteiger partial charge in [0.25, 0.3) is 0 Å². The Morgan fingerprint density at radius 3 is 2.75 bits per heavy atom. The van der Waals surface area contributed by atoms with E-state index in [0.717, 1.165) is 31.3 Å². The second kappa shape index (κ2) is 4.09. The Morgan fingerprint density at radius 1 is 1.17 bits per heavy atom. The molecule has 0 aromatic carbocycles.